The SMILES string of the molecule is CC1(C)c2ccccc2N(c2cc(C#N)c3ccc4c(N5c6ccccc6C(C)(C)c6ccc7c(oc8ccccc87)c65)cc(C#N)c5ccc2c3c54)c2c1ccc1c2oc2ccccc21. The molecule has 10 aromatic carbocycles. The van der Waals surface area contributed by atoms with Crippen LogP contribution in [0.1, 0.15) is 61.1 Å². The minimum absolute atomic E-state index is 0.366. The van der Waals surface area contributed by atoms with E-state index in [-0.39, 0.29) is 10.8 Å². The first-order chi connectivity index (χ1) is 32.2. The van der Waals surface area contributed by atoms with Crippen LogP contribution in [-0.2, 0) is 10.8 Å². The van der Waals surface area contributed by atoms with E-state index in [1.54, 1.807) is 0 Å². The zero-order valence-corrected chi connectivity index (χ0v) is 36.6. The molecule has 0 atom stereocenters. The minimum Gasteiger partial charge on any atom is -0.454 e. The normalized spacial score (nSPS) is 14.8. The number of furan rings is 2. The van der Waals surface area contributed by atoms with E-state index >= 15 is 0 Å². The van der Waals surface area contributed by atoms with Crippen molar-refractivity contribution in [2.75, 3.05) is 9.80 Å². The number of rotatable bonds is 2. The summed E-state index contributed by atoms with van der Waals surface area (Å²) in [6, 6.07) is 60.4. The Morgan fingerprint density at radius 1 is 0.379 bits per heavy atom. The molecule has 310 valence electrons. The molecule has 0 fully saturated rings. The van der Waals surface area contributed by atoms with Crippen molar-refractivity contribution in [2.24, 2.45) is 0 Å². The molecule has 0 spiro atoms. The van der Waals surface area contributed by atoms with Crippen molar-refractivity contribution in [1.82, 2.24) is 0 Å². The van der Waals surface area contributed by atoms with Gasteiger partial charge in [-0.25, -0.2) is 0 Å². The molecule has 2 aliphatic heterocycles. The fourth-order valence-electron chi connectivity index (χ4n) is 11.9. The Morgan fingerprint density at radius 3 is 1.20 bits per heavy atom. The van der Waals surface area contributed by atoms with Crippen LogP contribution in [-0.4, -0.2) is 0 Å². The van der Waals surface area contributed by atoms with Gasteiger partial charge in [0.15, 0.2) is 11.2 Å². The summed E-state index contributed by atoms with van der Waals surface area (Å²) in [5, 5.41) is 32.0. The number of anilines is 6. The van der Waals surface area contributed by atoms with Gasteiger partial charge in [-0.15, -0.1) is 0 Å². The molecule has 66 heavy (non-hydrogen) atoms. The van der Waals surface area contributed by atoms with Crippen molar-refractivity contribution in [1.29, 1.82) is 10.5 Å². The summed E-state index contributed by atoms with van der Waals surface area (Å²) in [7, 11) is 0. The molecule has 6 nitrogen and oxygen atoms in total. The Bertz CT molecular complexity index is 3960. The van der Waals surface area contributed by atoms with Crippen LogP contribution in [0.2, 0.25) is 0 Å². The highest BCUT2D eigenvalue weighted by Gasteiger charge is 2.42. The van der Waals surface area contributed by atoms with Gasteiger partial charge in [-0.2, -0.15) is 10.5 Å². The van der Waals surface area contributed by atoms with Crippen LogP contribution in [0.3, 0.4) is 0 Å². The van der Waals surface area contributed by atoms with Crippen molar-refractivity contribution < 1.29 is 8.83 Å². The lowest BCUT2D eigenvalue weighted by Crippen LogP contribution is -2.31. The first-order valence-corrected chi connectivity index (χ1v) is 22.5. The van der Waals surface area contributed by atoms with Gasteiger partial charge in [0.05, 0.1) is 57.4 Å². The van der Waals surface area contributed by atoms with Gasteiger partial charge >= 0.3 is 0 Å². The summed E-state index contributed by atoms with van der Waals surface area (Å²) in [5.41, 5.74) is 14.0. The molecule has 0 unspecified atom stereocenters. The quantitative estimate of drug-likeness (QED) is 0.161. The molecule has 4 heterocycles. The lowest BCUT2D eigenvalue weighted by atomic mass is 9.73. The highest BCUT2D eigenvalue weighted by atomic mass is 16.3. The molecule has 14 rings (SSSR count). The molecule has 0 saturated heterocycles. The molecule has 2 aliphatic rings. The van der Waals surface area contributed by atoms with Gasteiger partial charge in [-0.05, 0) is 58.7 Å². The van der Waals surface area contributed by atoms with Gasteiger partial charge < -0.3 is 18.6 Å². The van der Waals surface area contributed by atoms with Gasteiger partial charge in [0.25, 0.3) is 0 Å². The van der Waals surface area contributed by atoms with Crippen molar-refractivity contribution >= 4 is 110 Å². The lowest BCUT2D eigenvalue weighted by Gasteiger charge is -2.42. The van der Waals surface area contributed by atoms with Crippen molar-refractivity contribution in [2.45, 2.75) is 38.5 Å². The summed E-state index contributed by atoms with van der Waals surface area (Å²) in [4.78, 5) is 4.66. The molecule has 0 amide bonds. The first-order valence-electron chi connectivity index (χ1n) is 22.5. The summed E-state index contributed by atoms with van der Waals surface area (Å²) in [5.74, 6) is 0. The number of hydrogen-bond donors (Lipinski definition) is 0. The van der Waals surface area contributed by atoms with E-state index in [1.807, 2.05) is 36.4 Å². The van der Waals surface area contributed by atoms with Gasteiger partial charge in [0.1, 0.15) is 11.2 Å². The van der Waals surface area contributed by atoms with Crippen molar-refractivity contribution in [3.8, 4) is 12.1 Å². The van der Waals surface area contributed by atoms with E-state index in [4.69, 9.17) is 8.83 Å². The number of para-hydroxylation sites is 4. The third-order valence-corrected chi connectivity index (χ3v) is 15.0. The van der Waals surface area contributed by atoms with Crippen LogP contribution in [0.25, 0.3) is 76.2 Å². The Morgan fingerprint density at radius 2 is 0.758 bits per heavy atom. The van der Waals surface area contributed by atoms with Crippen molar-refractivity contribution in [3.63, 3.8) is 0 Å². The minimum atomic E-state index is -0.366. The molecule has 2 aromatic heterocycles. The molecule has 0 N–H and O–H groups in total. The predicted molar refractivity (Wildman–Crippen MR) is 268 cm³/mol. The maximum absolute atomic E-state index is 11.2. The molecule has 6 heteroatoms. The molecule has 0 saturated carbocycles. The summed E-state index contributed by atoms with van der Waals surface area (Å²) >= 11 is 0. The summed E-state index contributed by atoms with van der Waals surface area (Å²) in [6.45, 7) is 9.12. The monoisotopic (exact) mass is 846 g/mol. The number of nitriles is 2. The molecule has 12 aromatic rings. The number of benzene rings is 10. The zero-order valence-electron chi connectivity index (χ0n) is 36.6. The fraction of sp³-hybridized carbons (Fsp3) is 0.100. The lowest BCUT2D eigenvalue weighted by molar-refractivity contribution is 0.624. The third-order valence-electron chi connectivity index (χ3n) is 15.0. The van der Waals surface area contributed by atoms with Gasteiger partial charge in [-0.3, -0.25) is 0 Å². The Kier molecular flexibility index (Phi) is 7.02. The molecular weight excluding hydrogens is 809 g/mol. The van der Waals surface area contributed by atoms with E-state index < -0.39 is 0 Å². The predicted octanol–water partition coefficient (Wildman–Crippen LogP) is 16.3. The number of hydrogen-bond acceptors (Lipinski definition) is 6. The molecule has 0 bridgehead atoms. The second-order valence-corrected chi connectivity index (χ2v) is 19.0. The van der Waals surface area contributed by atoms with Gasteiger partial charge in [0, 0.05) is 64.7 Å². The average Bonchev–Trinajstić information content (AvgIpc) is 3.93. The van der Waals surface area contributed by atoms with Crippen LogP contribution in [0.5, 0.6) is 0 Å². The third kappa shape index (κ3) is 4.48. The summed E-state index contributed by atoms with van der Waals surface area (Å²) < 4.78 is 13.7. The van der Waals surface area contributed by atoms with Crippen LogP contribution in [0, 0.1) is 22.7 Å². The Balaban J connectivity index is 1.12. The second-order valence-electron chi connectivity index (χ2n) is 19.0. The Labute approximate surface area is 379 Å². The van der Waals surface area contributed by atoms with Crippen LogP contribution >= 0.6 is 0 Å². The van der Waals surface area contributed by atoms with E-state index in [2.05, 4.69) is 171 Å². The standard InChI is InChI=1S/C60H38N4O2/c1-59(2)43-15-7-9-17-47(43)63(55-45(59)27-25-39-37-13-5-11-19-51(37)65-57(39)55)49-29-33(31-61)35-22-24-42-50(30-34(32-62)36-21-23-41(49)53(35)54(36)42)64-48-18-10-8-16-44(48)60(3,4)46-28-26-40-38-14-6-12-20-52(38)66-58(40)56(46)64/h5-30H,1-4H3. The molecule has 0 radical (unpaired) electrons. The second kappa shape index (κ2) is 12.6. The van der Waals surface area contributed by atoms with E-state index in [0.717, 1.165) is 121 Å². The fourth-order valence-corrected chi connectivity index (χ4v) is 11.9. The van der Waals surface area contributed by atoms with Crippen molar-refractivity contribution in [3.05, 3.63) is 191 Å². The van der Waals surface area contributed by atoms with Gasteiger partial charge in [0.2, 0.25) is 0 Å². The average molecular weight is 847 g/mol. The largest absolute Gasteiger partial charge is 0.454 e. The van der Waals surface area contributed by atoms with Crippen LogP contribution in [0.15, 0.2) is 167 Å². The maximum Gasteiger partial charge on any atom is 0.159 e. The molecular formula is C60H38N4O2. The number of fused-ring (bicyclic) bond motifs is 12. The van der Waals surface area contributed by atoms with Gasteiger partial charge in [-0.1, -0.05) is 149 Å². The van der Waals surface area contributed by atoms with E-state index in [0.29, 0.717) is 11.1 Å². The first kappa shape index (κ1) is 36.9. The number of nitrogens with zero attached hydrogens (tertiary/aromatic N) is 4. The topological polar surface area (TPSA) is 80.3 Å². The highest BCUT2D eigenvalue weighted by Crippen LogP contribution is 2.59. The van der Waals surface area contributed by atoms with E-state index in [9.17, 15) is 10.5 Å². The maximum atomic E-state index is 11.2. The smallest absolute Gasteiger partial charge is 0.159 e. The Hall–Kier alpha value is -8.58. The van der Waals surface area contributed by atoms with Crippen LogP contribution in [0.4, 0.5) is 34.1 Å². The van der Waals surface area contributed by atoms with Crippen LogP contribution < -0.4 is 9.80 Å². The summed E-state index contributed by atoms with van der Waals surface area (Å²) in [6.07, 6.45) is 0. The van der Waals surface area contributed by atoms with E-state index in [1.165, 1.54) is 11.1 Å². The zero-order chi connectivity index (χ0) is 44.4. The highest BCUT2D eigenvalue weighted by molar-refractivity contribution is 6.31. The molecule has 0 aliphatic carbocycles.